The SMILES string of the molecule is CC(C)(C)c1[c-]cco1.[Y]. The minimum atomic E-state index is 0. The number of furan rings is 1. The first-order valence-electron chi connectivity index (χ1n) is 3.06. The zero-order chi connectivity index (χ0) is 6.91. The molecule has 0 spiro atoms. The van der Waals surface area contributed by atoms with Gasteiger partial charge in [-0.05, 0) is 11.2 Å². The minimum Gasteiger partial charge on any atom is -0.573 e. The Bertz CT molecular complexity index is 172. The second-order valence-corrected chi connectivity index (χ2v) is 3.14. The van der Waals surface area contributed by atoms with Gasteiger partial charge in [0, 0.05) is 32.7 Å². The fourth-order valence-electron chi connectivity index (χ4n) is 0.639. The van der Waals surface area contributed by atoms with Crippen molar-refractivity contribution in [1.82, 2.24) is 0 Å². The quantitative estimate of drug-likeness (QED) is 0.601. The Labute approximate surface area is 87.1 Å². The number of hydrogen-bond acceptors (Lipinski definition) is 1. The molecule has 1 heterocycles. The average Bonchev–Trinajstić information content (AvgIpc) is 2.08. The molecule has 10 heavy (non-hydrogen) atoms. The largest absolute Gasteiger partial charge is 0.573 e. The molecule has 0 saturated heterocycles. The molecule has 0 bridgehead atoms. The Morgan fingerprint density at radius 1 is 1.40 bits per heavy atom. The molecule has 1 radical (unpaired) electrons. The first-order chi connectivity index (χ1) is 4.11. The van der Waals surface area contributed by atoms with Gasteiger partial charge in [0.25, 0.3) is 0 Å². The van der Waals surface area contributed by atoms with E-state index in [1.165, 1.54) is 0 Å². The molecule has 1 rings (SSSR count). The molecule has 0 aliphatic carbocycles. The van der Waals surface area contributed by atoms with E-state index in [9.17, 15) is 0 Å². The molecule has 0 N–H and O–H groups in total. The first kappa shape index (κ1) is 10.4. The van der Waals surface area contributed by atoms with Crippen LogP contribution in [0.2, 0.25) is 0 Å². The van der Waals surface area contributed by atoms with Crippen LogP contribution < -0.4 is 0 Å². The molecule has 0 atom stereocenters. The maximum absolute atomic E-state index is 5.14. The van der Waals surface area contributed by atoms with Gasteiger partial charge < -0.3 is 4.42 Å². The standard InChI is InChI=1S/C8H11O.Y/c1-8(2,3)7-5-4-6-9-7;/h4,6H,1-3H3;/q-1;. The van der Waals surface area contributed by atoms with Crippen molar-refractivity contribution in [1.29, 1.82) is 0 Å². The molecule has 0 aliphatic rings. The second kappa shape index (κ2) is 3.68. The van der Waals surface area contributed by atoms with E-state index in [4.69, 9.17) is 4.42 Å². The fourth-order valence-corrected chi connectivity index (χ4v) is 0.639. The van der Waals surface area contributed by atoms with Crippen LogP contribution in [0.15, 0.2) is 16.7 Å². The van der Waals surface area contributed by atoms with Crippen molar-refractivity contribution in [2.45, 2.75) is 26.2 Å². The van der Waals surface area contributed by atoms with Crippen molar-refractivity contribution in [2.75, 3.05) is 0 Å². The van der Waals surface area contributed by atoms with Crippen molar-refractivity contribution in [2.24, 2.45) is 0 Å². The fraction of sp³-hybridized carbons (Fsp3) is 0.500. The summed E-state index contributed by atoms with van der Waals surface area (Å²) in [6.45, 7) is 6.30. The first-order valence-corrected chi connectivity index (χ1v) is 3.06. The summed E-state index contributed by atoms with van der Waals surface area (Å²) in [6, 6.07) is 4.80. The third kappa shape index (κ3) is 2.55. The Morgan fingerprint density at radius 3 is 2.20 bits per heavy atom. The van der Waals surface area contributed by atoms with Crippen LogP contribution in [0.4, 0.5) is 0 Å². The Balaban J connectivity index is 0.000000810. The van der Waals surface area contributed by atoms with Crippen LogP contribution in [0.25, 0.3) is 0 Å². The smallest absolute Gasteiger partial charge is 0 e. The summed E-state index contributed by atoms with van der Waals surface area (Å²) in [4.78, 5) is 0. The molecule has 0 aliphatic heterocycles. The molecular weight excluding hydrogens is 201 g/mol. The zero-order valence-electron chi connectivity index (χ0n) is 6.64. The van der Waals surface area contributed by atoms with Crippen LogP contribution in [-0.2, 0) is 38.1 Å². The Hall–Kier alpha value is 0.384. The van der Waals surface area contributed by atoms with Crippen LogP contribution in [-0.4, -0.2) is 0 Å². The minimum absolute atomic E-state index is 0. The molecule has 0 saturated carbocycles. The van der Waals surface area contributed by atoms with Crippen molar-refractivity contribution in [3.05, 3.63) is 24.2 Å². The molecule has 0 fully saturated rings. The van der Waals surface area contributed by atoms with Gasteiger partial charge in [0.05, 0.1) is 0 Å². The maximum atomic E-state index is 5.14. The van der Waals surface area contributed by atoms with Gasteiger partial charge in [0.2, 0.25) is 0 Å². The maximum Gasteiger partial charge on any atom is 0 e. The van der Waals surface area contributed by atoms with Crippen molar-refractivity contribution < 1.29 is 37.1 Å². The van der Waals surface area contributed by atoms with E-state index in [1.807, 2.05) is 0 Å². The third-order valence-corrected chi connectivity index (χ3v) is 1.15. The summed E-state index contributed by atoms with van der Waals surface area (Å²) in [5, 5.41) is 0. The van der Waals surface area contributed by atoms with Gasteiger partial charge in [-0.3, -0.25) is 0 Å². The van der Waals surface area contributed by atoms with E-state index in [0.717, 1.165) is 5.76 Å². The molecule has 1 nitrogen and oxygen atoms in total. The summed E-state index contributed by atoms with van der Waals surface area (Å²) >= 11 is 0. The van der Waals surface area contributed by atoms with Crippen molar-refractivity contribution >= 4 is 0 Å². The predicted molar refractivity (Wildman–Crippen MR) is 36.2 cm³/mol. The van der Waals surface area contributed by atoms with Crippen LogP contribution in [0.1, 0.15) is 26.5 Å². The van der Waals surface area contributed by atoms with Crippen LogP contribution in [0, 0.1) is 6.07 Å². The van der Waals surface area contributed by atoms with Crippen LogP contribution in [0.5, 0.6) is 0 Å². The van der Waals surface area contributed by atoms with Gasteiger partial charge in [-0.25, -0.2) is 6.07 Å². The predicted octanol–water partition coefficient (Wildman–Crippen LogP) is 2.37. The molecule has 1 aromatic rings. The summed E-state index contributed by atoms with van der Waals surface area (Å²) in [5.41, 5.74) is 0.101. The summed E-state index contributed by atoms with van der Waals surface area (Å²) in [7, 11) is 0. The van der Waals surface area contributed by atoms with E-state index < -0.39 is 0 Å². The average molecular weight is 212 g/mol. The zero-order valence-corrected chi connectivity index (χ0v) is 9.48. The monoisotopic (exact) mass is 212 g/mol. The van der Waals surface area contributed by atoms with Gasteiger partial charge in [-0.1, -0.05) is 27.0 Å². The van der Waals surface area contributed by atoms with Gasteiger partial charge in [0.15, 0.2) is 0 Å². The molecule has 0 amide bonds. The summed E-state index contributed by atoms with van der Waals surface area (Å²) in [5.74, 6) is 0.919. The number of hydrogen-bond donors (Lipinski definition) is 0. The van der Waals surface area contributed by atoms with Gasteiger partial charge in [0.1, 0.15) is 0 Å². The van der Waals surface area contributed by atoms with E-state index in [0.29, 0.717) is 0 Å². The number of rotatable bonds is 0. The van der Waals surface area contributed by atoms with Crippen LogP contribution in [0.3, 0.4) is 0 Å². The Kier molecular flexibility index (Phi) is 3.82. The topological polar surface area (TPSA) is 13.1 Å². The van der Waals surface area contributed by atoms with Crippen molar-refractivity contribution in [3.8, 4) is 0 Å². The summed E-state index contributed by atoms with van der Waals surface area (Å²) < 4.78 is 5.14. The molecule has 2 heteroatoms. The van der Waals surface area contributed by atoms with Gasteiger partial charge in [-0.2, -0.15) is 6.07 Å². The van der Waals surface area contributed by atoms with Crippen molar-refractivity contribution in [3.63, 3.8) is 0 Å². The van der Waals surface area contributed by atoms with Crippen LogP contribution >= 0.6 is 0 Å². The molecule has 0 unspecified atom stereocenters. The normalized spacial score (nSPS) is 10.7. The molecule has 1 aromatic heterocycles. The van der Waals surface area contributed by atoms with E-state index >= 15 is 0 Å². The molecule has 0 aromatic carbocycles. The Morgan fingerprint density at radius 2 is 2.00 bits per heavy atom. The third-order valence-electron chi connectivity index (χ3n) is 1.15. The van der Waals surface area contributed by atoms with Gasteiger partial charge >= 0.3 is 0 Å². The second-order valence-electron chi connectivity index (χ2n) is 3.14. The van der Waals surface area contributed by atoms with Gasteiger partial charge in [-0.15, -0.1) is 0 Å². The van der Waals surface area contributed by atoms with E-state index in [-0.39, 0.29) is 38.1 Å². The molecule has 53 valence electrons. The van der Waals surface area contributed by atoms with E-state index in [2.05, 4.69) is 26.8 Å². The summed E-state index contributed by atoms with van der Waals surface area (Å²) in [6.07, 6.45) is 1.65. The molecular formula is C8H11OY-. The van der Waals surface area contributed by atoms with E-state index in [1.54, 1.807) is 12.3 Å².